The van der Waals surface area contributed by atoms with Crippen LogP contribution in [0.25, 0.3) is 0 Å². The molecule has 0 saturated heterocycles. The maximum Gasteiger partial charge on any atom is 0.0627 e. The molecular formula is C20H32O3. The fourth-order valence-electron chi connectivity index (χ4n) is 7.07. The molecule has 2 N–H and O–H groups in total. The van der Waals surface area contributed by atoms with Crippen LogP contribution in [0.5, 0.6) is 0 Å². The monoisotopic (exact) mass is 320 g/mol. The Morgan fingerprint density at radius 3 is 2.74 bits per heavy atom. The van der Waals surface area contributed by atoms with E-state index in [0.29, 0.717) is 23.4 Å². The van der Waals surface area contributed by atoms with Crippen molar-refractivity contribution in [2.24, 2.45) is 28.6 Å². The molecule has 4 rings (SSSR count). The molecule has 0 heterocycles. The van der Waals surface area contributed by atoms with Crippen molar-refractivity contribution in [3.63, 3.8) is 0 Å². The smallest absolute Gasteiger partial charge is 0.0627 e. The summed E-state index contributed by atoms with van der Waals surface area (Å²) in [5.41, 5.74) is 1.66. The van der Waals surface area contributed by atoms with Gasteiger partial charge >= 0.3 is 0 Å². The van der Waals surface area contributed by atoms with E-state index in [4.69, 9.17) is 4.74 Å². The molecule has 3 nitrogen and oxygen atoms in total. The summed E-state index contributed by atoms with van der Waals surface area (Å²) in [5, 5.41) is 20.4. The van der Waals surface area contributed by atoms with Crippen LogP contribution in [-0.4, -0.2) is 36.1 Å². The molecule has 0 aromatic heterocycles. The van der Waals surface area contributed by atoms with Gasteiger partial charge in [-0.05, 0) is 74.5 Å². The zero-order chi connectivity index (χ0) is 16.2. The van der Waals surface area contributed by atoms with Gasteiger partial charge in [-0.1, -0.05) is 18.6 Å². The van der Waals surface area contributed by atoms with Crippen molar-refractivity contribution in [1.82, 2.24) is 0 Å². The van der Waals surface area contributed by atoms with E-state index in [1.54, 1.807) is 0 Å². The van der Waals surface area contributed by atoms with Gasteiger partial charge in [0.1, 0.15) is 0 Å². The van der Waals surface area contributed by atoms with Crippen LogP contribution in [0.1, 0.15) is 58.3 Å². The molecule has 0 aliphatic heterocycles. The average molecular weight is 320 g/mol. The van der Waals surface area contributed by atoms with E-state index in [0.717, 1.165) is 31.6 Å². The lowest BCUT2D eigenvalue weighted by Crippen LogP contribution is -2.53. The number of ether oxygens (including phenoxy) is 1. The van der Waals surface area contributed by atoms with E-state index in [1.165, 1.54) is 31.3 Å². The number of aliphatic hydroxyl groups is 2. The van der Waals surface area contributed by atoms with Gasteiger partial charge in [-0.15, -0.1) is 0 Å². The minimum Gasteiger partial charge on any atom is -0.395 e. The van der Waals surface area contributed by atoms with E-state index in [1.807, 2.05) is 7.11 Å². The first kappa shape index (κ1) is 16.1. The first-order valence-corrected chi connectivity index (χ1v) is 9.56. The third-order valence-electron chi connectivity index (χ3n) is 8.28. The fourth-order valence-corrected chi connectivity index (χ4v) is 7.07. The Balaban J connectivity index is 1.68. The number of methoxy groups -OCH3 is 1. The summed E-state index contributed by atoms with van der Waals surface area (Å²) in [6.07, 6.45) is 11.3. The number of hydrogen-bond donors (Lipinski definition) is 2. The second-order valence-electron chi connectivity index (χ2n) is 8.90. The van der Waals surface area contributed by atoms with E-state index >= 15 is 0 Å². The molecule has 23 heavy (non-hydrogen) atoms. The molecule has 7 atom stereocenters. The van der Waals surface area contributed by atoms with Crippen LogP contribution in [0.2, 0.25) is 0 Å². The van der Waals surface area contributed by atoms with Crippen molar-refractivity contribution in [3.05, 3.63) is 11.6 Å². The van der Waals surface area contributed by atoms with Gasteiger partial charge in [-0.25, -0.2) is 0 Å². The second-order valence-corrected chi connectivity index (χ2v) is 8.90. The van der Waals surface area contributed by atoms with Crippen LogP contribution in [0.4, 0.5) is 0 Å². The summed E-state index contributed by atoms with van der Waals surface area (Å²) in [4.78, 5) is 0. The van der Waals surface area contributed by atoms with Crippen LogP contribution in [0, 0.1) is 28.6 Å². The minimum atomic E-state index is -0.198. The molecule has 3 saturated carbocycles. The predicted molar refractivity (Wildman–Crippen MR) is 89.9 cm³/mol. The molecule has 0 aromatic carbocycles. The van der Waals surface area contributed by atoms with Gasteiger partial charge in [0.25, 0.3) is 0 Å². The highest BCUT2D eigenvalue weighted by Gasteiger charge is 2.59. The summed E-state index contributed by atoms with van der Waals surface area (Å²) in [5.74, 6) is 2.04. The average Bonchev–Trinajstić information content (AvgIpc) is 2.90. The van der Waals surface area contributed by atoms with Crippen molar-refractivity contribution in [1.29, 1.82) is 0 Å². The lowest BCUT2D eigenvalue weighted by molar-refractivity contribution is -0.0965. The Bertz CT molecular complexity index is 501. The normalized spacial score (nSPS) is 52.3. The van der Waals surface area contributed by atoms with Crippen molar-refractivity contribution in [2.45, 2.75) is 70.5 Å². The molecule has 3 fully saturated rings. The van der Waals surface area contributed by atoms with E-state index in [2.05, 4.69) is 13.0 Å². The zero-order valence-corrected chi connectivity index (χ0v) is 14.6. The minimum absolute atomic E-state index is 0.0331. The van der Waals surface area contributed by atoms with Gasteiger partial charge in [-0.3, -0.25) is 0 Å². The molecule has 0 radical (unpaired) electrons. The highest BCUT2D eigenvalue weighted by molar-refractivity contribution is 5.26. The molecule has 5 unspecified atom stereocenters. The molecule has 0 amide bonds. The summed E-state index contributed by atoms with van der Waals surface area (Å²) >= 11 is 0. The van der Waals surface area contributed by atoms with Crippen LogP contribution in [0.15, 0.2) is 11.6 Å². The Hall–Kier alpha value is -0.380. The maximum atomic E-state index is 10.4. The molecule has 0 bridgehead atoms. The molecule has 0 spiro atoms. The first-order chi connectivity index (χ1) is 11.0. The first-order valence-electron chi connectivity index (χ1n) is 9.56. The van der Waals surface area contributed by atoms with Crippen molar-refractivity contribution in [2.75, 3.05) is 13.7 Å². The van der Waals surface area contributed by atoms with Crippen LogP contribution < -0.4 is 0 Å². The van der Waals surface area contributed by atoms with E-state index in [9.17, 15) is 10.2 Å². The fraction of sp³-hybridized carbons (Fsp3) is 0.900. The highest BCUT2D eigenvalue weighted by atomic mass is 16.5. The third kappa shape index (κ3) is 2.12. The van der Waals surface area contributed by atoms with Crippen molar-refractivity contribution < 1.29 is 14.9 Å². The van der Waals surface area contributed by atoms with E-state index in [-0.39, 0.29) is 18.1 Å². The van der Waals surface area contributed by atoms with Gasteiger partial charge in [0.15, 0.2) is 0 Å². The second kappa shape index (κ2) is 5.57. The van der Waals surface area contributed by atoms with Crippen LogP contribution in [0.3, 0.4) is 0 Å². The molecular weight excluding hydrogens is 288 g/mol. The van der Waals surface area contributed by atoms with Gasteiger partial charge in [-0.2, -0.15) is 0 Å². The standard InChI is InChI=1S/C20H32O3/c1-19-9-8-17-15(16(19)5-6-18(19)23-2)4-3-13-11-14(22)7-10-20(13,17)12-21/h3,14-18,21-22H,4-12H2,1-2H3/t14-,15?,16?,17?,18+,19?,20?/m1/s1. The number of fused-ring (bicyclic) bond motifs is 5. The summed E-state index contributed by atoms with van der Waals surface area (Å²) in [6, 6.07) is 0. The molecule has 4 aliphatic rings. The van der Waals surface area contributed by atoms with Gasteiger partial charge in [0, 0.05) is 12.5 Å². The van der Waals surface area contributed by atoms with Gasteiger partial charge < -0.3 is 14.9 Å². The SMILES string of the molecule is CO[C@H]1CCC2C3CC=C4C[C@H](O)CCC4(CO)C3CCC21C. The lowest BCUT2D eigenvalue weighted by atomic mass is 9.47. The van der Waals surface area contributed by atoms with Crippen molar-refractivity contribution in [3.8, 4) is 0 Å². The number of rotatable bonds is 2. The van der Waals surface area contributed by atoms with Gasteiger partial charge in [0.2, 0.25) is 0 Å². The van der Waals surface area contributed by atoms with Crippen molar-refractivity contribution >= 4 is 0 Å². The van der Waals surface area contributed by atoms with Crippen LogP contribution >= 0.6 is 0 Å². The zero-order valence-electron chi connectivity index (χ0n) is 14.6. The highest BCUT2D eigenvalue weighted by Crippen LogP contribution is 2.65. The molecule has 130 valence electrons. The number of allylic oxidation sites excluding steroid dienone is 1. The number of hydrogen-bond acceptors (Lipinski definition) is 3. The summed E-state index contributed by atoms with van der Waals surface area (Å²) in [7, 11) is 1.88. The Labute approximate surface area is 140 Å². The Morgan fingerprint density at radius 1 is 1.17 bits per heavy atom. The van der Waals surface area contributed by atoms with E-state index < -0.39 is 0 Å². The summed E-state index contributed by atoms with van der Waals surface area (Å²) < 4.78 is 5.84. The topological polar surface area (TPSA) is 49.7 Å². The molecule has 0 aromatic rings. The maximum absolute atomic E-state index is 10.4. The number of aliphatic hydroxyl groups excluding tert-OH is 2. The molecule has 4 aliphatic carbocycles. The predicted octanol–water partition coefficient (Wildman–Crippen LogP) is 3.30. The Kier molecular flexibility index (Phi) is 3.90. The van der Waals surface area contributed by atoms with Gasteiger partial charge in [0.05, 0.1) is 18.8 Å². The quantitative estimate of drug-likeness (QED) is 0.768. The molecule has 3 heteroatoms. The Morgan fingerprint density at radius 2 is 2.00 bits per heavy atom. The summed E-state index contributed by atoms with van der Waals surface area (Å²) in [6.45, 7) is 2.72. The van der Waals surface area contributed by atoms with Crippen LogP contribution in [-0.2, 0) is 4.74 Å². The largest absolute Gasteiger partial charge is 0.395 e. The third-order valence-corrected chi connectivity index (χ3v) is 8.28. The lowest BCUT2D eigenvalue weighted by Gasteiger charge is -2.58.